The normalized spacial score (nSPS) is 18.1. The Balaban J connectivity index is 1.88. The summed E-state index contributed by atoms with van der Waals surface area (Å²) in [5, 5.41) is 54.3. The highest BCUT2D eigenvalue weighted by Crippen LogP contribution is 2.24. The molecule has 11 heteroatoms. The van der Waals surface area contributed by atoms with Crippen molar-refractivity contribution < 1.29 is 49.3 Å². The van der Waals surface area contributed by atoms with Crippen molar-refractivity contribution in [2.45, 2.75) is 416 Å². The Morgan fingerprint density at radius 1 is 0.434 bits per heavy atom. The third kappa shape index (κ3) is 51.0. The van der Waals surface area contributed by atoms with Gasteiger partial charge in [-0.2, -0.15) is 0 Å². The molecular weight excluding hydrogens is 1040 g/mol. The van der Waals surface area contributed by atoms with E-state index in [1.165, 1.54) is 295 Å². The standard InChI is InChI=1S/C72H139NO10/c1-3-5-7-9-11-13-14-15-16-17-27-31-34-37-40-44-48-52-56-60-68(77)81-61-57-53-49-45-41-38-35-32-29-26-24-22-20-18-19-21-23-25-28-30-33-36-39-43-47-51-55-59-67(76)73-64(65(75)58-54-50-46-42-12-10-8-6-4-2)63-82-72-71(80)70(79)69(78)66(62-74)83-72/h54,58,64-66,69-72,74-75,78-80H,3-53,55-57,59-63H2,1-2H3,(H,73,76)/b58-54+. The lowest BCUT2D eigenvalue weighted by molar-refractivity contribution is -0.302. The molecule has 0 aromatic carbocycles. The van der Waals surface area contributed by atoms with Crippen molar-refractivity contribution in [3.8, 4) is 0 Å². The van der Waals surface area contributed by atoms with Gasteiger partial charge in [0.15, 0.2) is 6.29 Å². The number of unbranched alkanes of at least 4 members (excludes halogenated alkanes) is 51. The fourth-order valence-electron chi connectivity index (χ4n) is 11.9. The molecule has 6 N–H and O–H groups in total. The maximum absolute atomic E-state index is 13.0. The van der Waals surface area contributed by atoms with Gasteiger partial charge in [-0.05, 0) is 32.1 Å². The molecule has 1 aliphatic rings. The van der Waals surface area contributed by atoms with Crippen LogP contribution in [0.1, 0.15) is 373 Å². The van der Waals surface area contributed by atoms with Crippen LogP contribution in [-0.2, 0) is 23.8 Å². The first-order chi connectivity index (χ1) is 40.7. The topological polar surface area (TPSA) is 175 Å². The van der Waals surface area contributed by atoms with Gasteiger partial charge in [0.05, 0.1) is 32.0 Å². The minimum atomic E-state index is -1.57. The van der Waals surface area contributed by atoms with Gasteiger partial charge in [-0.25, -0.2) is 0 Å². The smallest absolute Gasteiger partial charge is 0.305 e. The number of nitrogens with one attached hydrogen (secondary N) is 1. The molecule has 1 fully saturated rings. The minimum absolute atomic E-state index is 0.0142. The number of aliphatic hydroxyl groups excluding tert-OH is 5. The zero-order valence-corrected chi connectivity index (χ0v) is 54.7. The van der Waals surface area contributed by atoms with E-state index >= 15 is 0 Å². The molecule has 0 aromatic heterocycles. The van der Waals surface area contributed by atoms with Gasteiger partial charge in [0.1, 0.15) is 24.4 Å². The van der Waals surface area contributed by atoms with Crippen LogP contribution in [-0.4, -0.2) is 100 Å². The highest BCUT2D eigenvalue weighted by atomic mass is 16.7. The molecule has 7 unspecified atom stereocenters. The number of rotatable bonds is 65. The van der Waals surface area contributed by atoms with Crippen LogP contribution in [0.25, 0.3) is 0 Å². The lowest BCUT2D eigenvalue weighted by Crippen LogP contribution is -2.60. The third-order valence-corrected chi connectivity index (χ3v) is 17.7. The van der Waals surface area contributed by atoms with Gasteiger partial charge >= 0.3 is 5.97 Å². The quantitative estimate of drug-likeness (QED) is 0.0195. The lowest BCUT2D eigenvalue weighted by Gasteiger charge is -2.40. The summed E-state index contributed by atoms with van der Waals surface area (Å²) in [6.45, 7) is 4.36. The van der Waals surface area contributed by atoms with Crippen molar-refractivity contribution in [1.29, 1.82) is 0 Å². The van der Waals surface area contributed by atoms with Crippen LogP contribution < -0.4 is 5.32 Å². The van der Waals surface area contributed by atoms with Crippen molar-refractivity contribution in [2.75, 3.05) is 19.8 Å². The number of carbonyl (C=O) groups excluding carboxylic acids is 2. The second kappa shape index (κ2) is 62.0. The van der Waals surface area contributed by atoms with Gasteiger partial charge in [0.25, 0.3) is 0 Å². The van der Waals surface area contributed by atoms with E-state index in [2.05, 4.69) is 19.2 Å². The Morgan fingerprint density at radius 2 is 0.759 bits per heavy atom. The monoisotopic (exact) mass is 1180 g/mol. The zero-order chi connectivity index (χ0) is 60.2. The number of ether oxygens (including phenoxy) is 3. The second-order valence-electron chi connectivity index (χ2n) is 25.7. The average molecular weight is 1180 g/mol. The summed E-state index contributed by atoms with van der Waals surface area (Å²) >= 11 is 0. The van der Waals surface area contributed by atoms with Crippen LogP contribution in [0, 0.1) is 0 Å². The van der Waals surface area contributed by atoms with Crippen molar-refractivity contribution in [3.05, 3.63) is 12.2 Å². The van der Waals surface area contributed by atoms with Crippen LogP contribution in [0.15, 0.2) is 12.2 Å². The summed E-state index contributed by atoms with van der Waals surface area (Å²) < 4.78 is 16.7. The summed E-state index contributed by atoms with van der Waals surface area (Å²) in [6.07, 6.45) is 66.6. The summed E-state index contributed by atoms with van der Waals surface area (Å²) in [5.41, 5.74) is 0. The molecule has 0 aliphatic carbocycles. The van der Waals surface area contributed by atoms with Crippen LogP contribution >= 0.6 is 0 Å². The maximum Gasteiger partial charge on any atom is 0.305 e. The maximum atomic E-state index is 13.0. The number of aliphatic hydroxyl groups is 5. The molecule has 83 heavy (non-hydrogen) atoms. The number of amides is 1. The Labute approximate surface area is 512 Å². The van der Waals surface area contributed by atoms with E-state index in [1.54, 1.807) is 6.08 Å². The molecular formula is C72H139NO10. The lowest BCUT2D eigenvalue weighted by atomic mass is 9.99. The van der Waals surface area contributed by atoms with E-state index in [9.17, 15) is 35.1 Å². The number of carbonyl (C=O) groups is 2. The fourth-order valence-corrected chi connectivity index (χ4v) is 11.9. The Kier molecular flexibility index (Phi) is 59.3. The van der Waals surface area contributed by atoms with Gasteiger partial charge in [0.2, 0.25) is 5.91 Å². The Morgan fingerprint density at radius 3 is 1.12 bits per heavy atom. The SMILES string of the molecule is CCCCCCCCC/C=C/C(O)C(COC1OC(CO)C(O)C(O)C1O)NC(=O)CCCCCCCCCCCCCCCCCCCCCCCCCCCCCOC(=O)CCCCCCCCCCCCCCCCCCCCC. The molecule has 11 nitrogen and oxygen atoms in total. The molecule has 0 saturated carbocycles. The minimum Gasteiger partial charge on any atom is -0.466 e. The molecule has 1 heterocycles. The van der Waals surface area contributed by atoms with E-state index in [0.29, 0.717) is 19.4 Å². The van der Waals surface area contributed by atoms with Crippen molar-refractivity contribution >= 4 is 11.9 Å². The van der Waals surface area contributed by atoms with Crippen LogP contribution in [0.4, 0.5) is 0 Å². The predicted octanol–water partition coefficient (Wildman–Crippen LogP) is 18.6. The first kappa shape index (κ1) is 79.4. The molecule has 0 aromatic rings. The Bertz CT molecular complexity index is 1380. The summed E-state index contributed by atoms with van der Waals surface area (Å²) in [4.78, 5) is 25.2. The average Bonchev–Trinajstić information content (AvgIpc) is 3.65. The molecule has 0 radical (unpaired) electrons. The molecule has 7 atom stereocenters. The van der Waals surface area contributed by atoms with Crippen LogP contribution in [0.3, 0.4) is 0 Å². The van der Waals surface area contributed by atoms with Crippen molar-refractivity contribution in [2.24, 2.45) is 0 Å². The first-order valence-corrected chi connectivity index (χ1v) is 36.5. The Hall–Kier alpha value is -1.60. The van der Waals surface area contributed by atoms with E-state index in [0.717, 1.165) is 51.4 Å². The third-order valence-electron chi connectivity index (χ3n) is 17.7. The number of hydrogen-bond donors (Lipinski definition) is 6. The van der Waals surface area contributed by atoms with Gasteiger partial charge in [0, 0.05) is 12.8 Å². The van der Waals surface area contributed by atoms with Gasteiger partial charge < -0.3 is 45.1 Å². The second-order valence-corrected chi connectivity index (χ2v) is 25.7. The number of hydrogen-bond acceptors (Lipinski definition) is 10. The molecule has 1 aliphatic heterocycles. The van der Waals surface area contributed by atoms with Gasteiger partial charge in [-0.15, -0.1) is 0 Å². The van der Waals surface area contributed by atoms with Gasteiger partial charge in [-0.1, -0.05) is 341 Å². The van der Waals surface area contributed by atoms with Crippen molar-refractivity contribution in [3.63, 3.8) is 0 Å². The van der Waals surface area contributed by atoms with Gasteiger partial charge in [-0.3, -0.25) is 9.59 Å². The molecule has 0 bridgehead atoms. The number of allylic oxidation sites excluding steroid dienone is 1. The highest BCUT2D eigenvalue weighted by molar-refractivity contribution is 5.76. The molecule has 492 valence electrons. The molecule has 1 saturated heterocycles. The summed E-state index contributed by atoms with van der Waals surface area (Å²) in [7, 11) is 0. The largest absolute Gasteiger partial charge is 0.466 e. The van der Waals surface area contributed by atoms with E-state index in [1.807, 2.05) is 6.08 Å². The highest BCUT2D eigenvalue weighted by Gasteiger charge is 2.44. The van der Waals surface area contributed by atoms with E-state index < -0.39 is 49.5 Å². The summed E-state index contributed by atoms with van der Waals surface area (Å²) in [5.74, 6) is -0.165. The first-order valence-electron chi connectivity index (χ1n) is 36.5. The van der Waals surface area contributed by atoms with Crippen LogP contribution in [0.2, 0.25) is 0 Å². The molecule has 1 rings (SSSR count). The molecule has 1 amide bonds. The molecule has 0 spiro atoms. The fraction of sp³-hybridized carbons (Fsp3) is 0.944. The predicted molar refractivity (Wildman–Crippen MR) is 348 cm³/mol. The van der Waals surface area contributed by atoms with E-state index in [-0.39, 0.29) is 18.5 Å². The van der Waals surface area contributed by atoms with Crippen LogP contribution in [0.5, 0.6) is 0 Å². The van der Waals surface area contributed by atoms with E-state index in [4.69, 9.17) is 14.2 Å². The summed E-state index contributed by atoms with van der Waals surface area (Å²) in [6, 6.07) is -0.806. The zero-order valence-electron chi connectivity index (χ0n) is 54.7. The number of esters is 1. The van der Waals surface area contributed by atoms with Crippen molar-refractivity contribution in [1.82, 2.24) is 5.32 Å².